The van der Waals surface area contributed by atoms with Gasteiger partial charge < -0.3 is 54.9 Å². The van der Waals surface area contributed by atoms with Crippen molar-refractivity contribution in [3.63, 3.8) is 0 Å². The summed E-state index contributed by atoms with van der Waals surface area (Å²) in [4.78, 5) is 244. The molecule has 0 saturated heterocycles. The molecule has 10 heterocycles. The number of carbonyl (C=O) groups is 8. The van der Waals surface area contributed by atoms with Crippen molar-refractivity contribution in [3.8, 4) is 11.5 Å². The molecule has 32 nitrogen and oxygen atoms in total. The highest BCUT2D eigenvalue weighted by molar-refractivity contribution is 9.11. The van der Waals surface area contributed by atoms with Crippen molar-refractivity contribution in [2.24, 2.45) is 0 Å². The van der Waals surface area contributed by atoms with Crippen molar-refractivity contribution in [1.82, 2.24) is 0 Å². The van der Waals surface area contributed by atoms with Crippen LogP contribution in [0.5, 0.6) is 11.5 Å². The number of hydrogen-bond acceptors (Lipinski definition) is 32. The summed E-state index contributed by atoms with van der Waals surface area (Å²) in [6, 6.07) is 9.68. The third kappa shape index (κ3) is 12.3. The summed E-state index contributed by atoms with van der Waals surface area (Å²) in [7, 11) is 0. The highest BCUT2D eigenvalue weighted by atomic mass is 79.9. The SMILES string of the molecule is CCOc1c2c(C)c3c(=O)oc(=O)c3c(C)c2c(OCC)c2c(=O)oc(=O)c12.CCc1cc2c3cc(CC)c4c5c(c(CC)cc(c6cc(CC)c7c(c1C(=O)OC7=O)c26)c53)C(=O)OC4=O.Cc1c(C)c2c3c(c(C)c(C)c4c3c1C(=O)OC4=O)C(=O)OC2=O.Cc1cc2c(=O)oc(=O)c2c2c(C(F)(F)F)cc3c(=O)oc(=O)c3c12.O=c1oc(=O)c2c(Br)c3c(=O)oc(=O)c3c(Br)c12. The first-order valence-electron chi connectivity index (χ1n) is 40.7. The lowest BCUT2D eigenvalue weighted by atomic mass is 9.78. The van der Waals surface area contributed by atoms with Crippen LogP contribution in [0.1, 0.15) is 191 Å². The lowest BCUT2D eigenvalue weighted by Gasteiger charge is -2.27. The second-order valence-electron chi connectivity index (χ2n) is 31.6. The molecule has 0 saturated carbocycles. The van der Waals surface area contributed by atoms with Gasteiger partial charge in [-0.25, -0.2) is 95.9 Å². The molecule has 12 aromatic carbocycles. The zero-order chi connectivity index (χ0) is 95.9. The minimum Gasteiger partial charge on any atom is -0.492 e. The first kappa shape index (κ1) is 88.1. The molecule has 0 N–H and O–H groups in total. The minimum absolute atomic E-state index is 0.0300. The number of fused-ring (bicyclic) bond motifs is 12. The van der Waals surface area contributed by atoms with Crippen LogP contribution in [0.25, 0.3) is 140 Å². The molecule has 0 spiro atoms. The molecule has 0 bridgehead atoms. The molecule has 4 aliphatic heterocycles. The van der Waals surface area contributed by atoms with Gasteiger partial charge in [-0.2, -0.15) is 13.2 Å². The van der Waals surface area contributed by atoms with Gasteiger partial charge in [0.25, 0.3) is 0 Å². The Labute approximate surface area is 750 Å². The van der Waals surface area contributed by atoms with Gasteiger partial charge in [-0.3, -0.25) is 0 Å². The molecule has 0 atom stereocenters. The normalized spacial score (nSPS) is 13.5. The highest BCUT2D eigenvalue weighted by Gasteiger charge is 2.44. The van der Waals surface area contributed by atoms with Gasteiger partial charge in [-0.15, -0.1) is 0 Å². The second kappa shape index (κ2) is 30.8. The molecule has 0 radical (unpaired) electrons. The van der Waals surface area contributed by atoms with Gasteiger partial charge in [0.1, 0.15) is 22.3 Å². The molecule has 37 heteroatoms. The number of aryl methyl sites for hydroxylation is 7. The van der Waals surface area contributed by atoms with E-state index in [-0.39, 0.29) is 121 Å². The zero-order valence-electron chi connectivity index (χ0n) is 71.2. The van der Waals surface area contributed by atoms with Crippen molar-refractivity contribution in [3.05, 3.63) is 282 Å². The number of benzene rings is 12. The van der Waals surface area contributed by atoms with Crippen LogP contribution in [0.3, 0.4) is 0 Å². The van der Waals surface area contributed by atoms with Crippen molar-refractivity contribution in [2.45, 2.75) is 122 Å². The molecule has 6 aromatic heterocycles. The molecule has 668 valence electrons. The fraction of sp³-hybridized carbons (Fsp3) is 0.208. The number of ether oxygens (including phenoxy) is 6. The molecule has 0 unspecified atom stereocenters. The maximum absolute atomic E-state index is 13.6. The van der Waals surface area contributed by atoms with Crippen LogP contribution in [0.2, 0.25) is 0 Å². The topological polar surface area (TPSA) is 476 Å². The lowest BCUT2D eigenvalue weighted by molar-refractivity contribution is -0.136. The largest absolute Gasteiger partial charge is 0.492 e. The van der Waals surface area contributed by atoms with Crippen LogP contribution < -0.4 is 77.0 Å². The average molecular weight is 1940 g/mol. The third-order valence-corrected chi connectivity index (χ3v) is 26.7. The molecular formula is C96H57Br2F3O32. The fourth-order valence-electron chi connectivity index (χ4n) is 19.3. The van der Waals surface area contributed by atoms with Crippen LogP contribution in [0.15, 0.2) is 129 Å². The van der Waals surface area contributed by atoms with E-state index in [2.05, 4.69) is 49.5 Å². The fourth-order valence-corrected chi connectivity index (χ4v) is 20.8. The van der Waals surface area contributed by atoms with Crippen LogP contribution in [0.4, 0.5) is 13.2 Å². The average Bonchev–Trinajstić information content (AvgIpc) is 1.62. The molecule has 133 heavy (non-hydrogen) atoms. The molecular weight excluding hydrogens is 1880 g/mol. The number of furan rings is 6. The lowest BCUT2D eigenvalue weighted by Crippen LogP contribution is -2.29. The Morgan fingerprint density at radius 2 is 0.489 bits per heavy atom. The summed E-state index contributed by atoms with van der Waals surface area (Å²) in [6.07, 6.45) is -2.65. The van der Waals surface area contributed by atoms with E-state index in [1.807, 2.05) is 52.0 Å². The number of rotatable bonds is 8. The van der Waals surface area contributed by atoms with Crippen molar-refractivity contribution < 1.29 is 106 Å². The minimum atomic E-state index is -4.95. The van der Waals surface area contributed by atoms with Gasteiger partial charge in [-0.1, -0.05) is 27.7 Å². The Balaban J connectivity index is 0.000000114. The van der Waals surface area contributed by atoms with Gasteiger partial charge in [0, 0.05) is 52.0 Å². The number of cyclic esters (lactones) is 8. The molecule has 0 aliphatic carbocycles. The van der Waals surface area contributed by atoms with Crippen LogP contribution >= 0.6 is 31.9 Å². The van der Waals surface area contributed by atoms with E-state index in [9.17, 15) is 109 Å². The first-order valence-corrected chi connectivity index (χ1v) is 42.3. The summed E-state index contributed by atoms with van der Waals surface area (Å²) in [5, 5.41) is 5.18. The van der Waals surface area contributed by atoms with E-state index in [4.69, 9.17) is 37.3 Å². The predicted molar refractivity (Wildman–Crippen MR) is 479 cm³/mol. The summed E-state index contributed by atoms with van der Waals surface area (Å²) < 4.78 is 99.7. The summed E-state index contributed by atoms with van der Waals surface area (Å²) in [6.45, 7) is 23.1. The first-order chi connectivity index (χ1) is 63.0. The van der Waals surface area contributed by atoms with E-state index in [0.717, 1.165) is 60.6 Å². The third-order valence-electron chi connectivity index (χ3n) is 25.1. The Hall–Kier alpha value is -15.5. The zero-order valence-corrected chi connectivity index (χ0v) is 74.3. The van der Waals surface area contributed by atoms with E-state index in [1.54, 1.807) is 55.4 Å². The monoisotopic (exact) mass is 1940 g/mol. The van der Waals surface area contributed by atoms with E-state index in [0.29, 0.717) is 120 Å². The van der Waals surface area contributed by atoms with Gasteiger partial charge in [-0.05, 0) is 250 Å². The predicted octanol–water partition coefficient (Wildman–Crippen LogP) is 14.4. The van der Waals surface area contributed by atoms with Gasteiger partial charge >= 0.3 is 121 Å². The van der Waals surface area contributed by atoms with Gasteiger partial charge in [0.2, 0.25) is 0 Å². The summed E-state index contributed by atoms with van der Waals surface area (Å²) >= 11 is 6.05. The maximum Gasteiger partial charge on any atom is 0.417 e. The van der Waals surface area contributed by atoms with Crippen molar-refractivity contribution >= 4 is 220 Å². The molecule has 22 rings (SSSR count). The van der Waals surface area contributed by atoms with Crippen molar-refractivity contribution in [2.75, 3.05) is 13.2 Å². The summed E-state index contributed by atoms with van der Waals surface area (Å²) in [5.41, 5.74) is -3.64. The van der Waals surface area contributed by atoms with E-state index >= 15 is 0 Å². The van der Waals surface area contributed by atoms with Gasteiger partial charge in [0.05, 0.1) is 117 Å². The van der Waals surface area contributed by atoms with Gasteiger partial charge in [0.15, 0.2) is 0 Å². The number of hydrogen-bond donors (Lipinski definition) is 0. The second-order valence-corrected chi connectivity index (χ2v) is 33.2. The summed E-state index contributed by atoms with van der Waals surface area (Å²) in [5.74, 6) is -5.25. The van der Waals surface area contributed by atoms with E-state index in [1.165, 1.54) is 6.92 Å². The Morgan fingerprint density at radius 3 is 0.767 bits per heavy atom. The Kier molecular flexibility index (Phi) is 20.4. The van der Waals surface area contributed by atoms with Crippen LogP contribution in [0, 0.1) is 48.5 Å². The number of halogens is 5. The number of esters is 8. The molecule has 4 aliphatic rings. The smallest absolute Gasteiger partial charge is 0.417 e. The highest BCUT2D eigenvalue weighted by Crippen LogP contribution is 2.52. The Bertz CT molecular complexity index is 8710. The standard InChI is InChI=1S/C32H24O6.C20H16O8.C18H12O6.C16H5F3O6.C10Br2O6/c1-5-13-9-17-18-10-15(7-3)23-28-24(32(36)38-31(23)35)16(8-4)12-20(26(18)28)19-11-14(6-2)22-27(25(17)19)21(13)29(33)37-30(22)34;1-5-25-15-9-7(3)11-12(18(22)27-17(11)21)8(4)10(9)16(26-6-2)14-13(15)19(23)28-20(14)24;1-5-6(2)10-14-12(18(22)24-16(10)20)8(4)7(3)11-13(14)9(5)15(19)23-17(11)21;1-4-2-5-10(15(23)24-12(5)20)11-7(16(17,18)19)3-6-9(8(4)11)14(22)25-13(6)21;11-5-1-2(8(14)17-7(1)13)6(12)4-3(5)9(15)18-10(4)16/h9-12H,5-8H2,1-4H3;5-6H2,1-4H3;1-4H3;2-3H,1H3;. The number of alkyl halides is 3. The van der Waals surface area contributed by atoms with E-state index < -0.39 is 143 Å². The molecule has 0 fully saturated rings. The quantitative estimate of drug-likeness (QED) is 0.0448. The van der Waals surface area contributed by atoms with Crippen molar-refractivity contribution in [1.29, 1.82) is 0 Å². The van der Waals surface area contributed by atoms with Crippen LogP contribution in [-0.4, -0.2) is 61.0 Å². The maximum atomic E-state index is 13.6. The number of carbonyl (C=O) groups excluding carboxylic acids is 8. The van der Waals surface area contributed by atoms with Crippen LogP contribution in [-0.2, 0) is 50.8 Å². The molecule has 18 aromatic rings. The Morgan fingerprint density at radius 1 is 0.248 bits per heavy atom. The molecule has 0 amide bonds.